The number of benzene rings is 2. The summed E-state index contributed by atoms with van der Waals surface area (Å²) >= 11 is 1.22. The highest BCUT2D eigenvalue weighted by Crippen LogP contribution is 2.32. The SMILES string of the molecule is CS(=O)c1ccc(C(C)(Oc2ccc(F)cc2F)C(=O)Nc2nccs2)cc1. The van der Waals surface area contributed by atoms with E-state index in [-0.39, 0.29) is 5.75 Å². The van der Waals surface area contributed by atoms with E-state index in [1.807, 2.05) is 0 Å². The highest BCUT2D eigenvalue weighted by Gasteiger charge is 2.39. The lowest BCUT2D eigenvalue weighted by molar-refractivity contribution is -0.130. The Balaban J connectivity index is 2.01. The molecule has 2 atom stereocenters. The lowest BCUT2D eigenvalue weighted by Crippen LogP contribution is -2.43. The standard InChI is InChI=1S/C19H16F2N2O3S2/c1-19(17(24)23-18-22-9-10-27-18,12-3-6-14(7-4-12)28(2)25)26-16-8-5-13(20)11-15(16)21/h3-11H,1-2H3,(H,22,23,24). The van der Waals surface area contributed by atoms with Crippen LogP contribution in [0.3, 0.4) is 0 Å². The van der Waals surface area contributed by atoms with Gasteiger partial charge < -0.3 is 4.74 Å². The van der Waals surface area contributed by atoms with E-state index in [2.05, 4.69) is 10.3 Å². The van der Waals surface area contributed by atoms with Gasteiger partial charge in [0.15, 0.2) is 16.7 Å². The number of amides is 1. The van der Waals surface area contributed by atoms with Gasteiger partial charge in [-0.1, -0.05) is 12.1 Å². The van der Waals surface area contributed by atoms with Gasteiger partial charge in [-0.3, -0.25) is 14.3 Å². The summed E-state index contributed by atoms with van der Waals surface area (Å²) in [6.07, 6.45) is 3.07. The first-order valence-electron chi connectivity index (χ1n) is 8.08. The van der Waals surface area contributed by atoms with E-state index in [0.717, 1.165) is 12.1 Å². The topological polar surface area (TPSA) is 68.3 Å². The number of thiazole rings is 1. The molecular weight excluding hydrogens is 406 g/mol. The molecule has 1 heterocycles. The molecule has 3 aromatic rings. The number of carbonyl (C=O) groups is 1. The number of aromatic nitrogens is 1. The number of nitrogens with zero attached hydrogens (tertiary/aromatic N) is 1. The van der Waals surface area contributed by atoms with Gasteiger partial charge in [-0.25, -0.2) is 13.8 Å². The van der Waals surface area contributed by atoms with Crippen LogP contribution < -0.4 is 10.1 Å². The molecule has 0 aliphatic rings. The van der Waals surface area contributed by atoms with Crippen LogP contribution in [0.25, 0.3) is 0 Å². The van der Waals surface area contributed by atoms with Crippen molar-refractivity contribution in [2.75, 3.05) is 11.6 Å². The van der Waals surface area contributed by atoms with E-state index in [0.29, 0.717) is 21.7 Å². The fourth-order valence-electron chi connectivity index (χ4n) is 2.48. The molecule has 0 aliphatic carbocycles. The average molecular weight is 422 g/mol. The molecule has 2 aromatic carbocycles. The fraction of sp³-hybridized carbons (Fsp3) is 0.158. The fourth-order valence-corrected chi connectivity index (χ4v) is 3.52. The second-order valence-corrected chi connectivity index (χ2v) is 8.25. The molecule has 3 rings (SSSR count). The van der Waals surface area contributed by atoms with Crippen LogP contribution in [0.5, 0.6) is 5.75 Å². The van der Waals surface area contributed by atoms with Crippen molar-refractivity contribution < 1.29 is 22.5 Å². The van der Waals surface area contributed by atoms with E-state index in [9.17, 15) is 17.8 Å². The van der Waals surface area contributed by atoms with Crippen LogP contribution >= 0.6 is 11.3 Å². The molecule has 1 amide bonds. The average Bonchev–Trinajstić information content (AvgIpc) is 3.17. The maximum Gasteiger partial charge on any atom is 0.274 e. The molecule has 0 radical (unpaired) electrons. The normalized spacial score (nSPS) is 14.1. The molecule has 0 saturated carbocycles. The molecule has 0 aliphatic heterocycles. The summed E-state index contributed by atoms with van der Waals surface area (Å²) in [5, 5.41) is 4.68. The highest BCUT2D eigenvalue weighted by atomic mass is 32.2. The number of hydrogen-bond donors (Lipinski definition) is 1. The van der Waals surface area contributed by atoms with Gasteiger partial charge in [-0.15, -0.1) is 11.3 Å². The van der Waals surface area contributed by atoms with E-state index < -0.39 is 33.9 Å². The van der Waals surface area contributed by atoms with Gasteiger partial charge >= 0.3 is 0 Å². The maximum atomic E-state index is 14.2. The Morgan fingerprint density at radius 1 is 1.21 bits per heavy atom. The first-order valence-corrected chi connectivity index (χ1v) is 10.5. The van der Waals surface area contributed by atoms with Gasteiger partial charge in [0.05, 0.1) is 0 Å². The number of nitrogens with one attached hydrogen (secondary N) is 1. The van der Waals surface area contributed by atoms with Gasteiger partial charge in [-0.05, 0) is 31.2 Å². The van der Waals surface area contributed by atoms with Crippen molar-refractivity contribution in [1.82, 2.24) is 4.98 Å². The molecule has 146 valence electrons. The van der Waals surface area contributed by atoms with Crippen LogP contribution in [-0.2, 0) is 21.2 Å². The molecule has 1 aromatic heterocycles. The molecule has 9 heteroatoms. The monoisotopic (exact) mass is 422 g/mol. The number of hydrogen-bond acceptors (Lipinski definition) is 5. The lowest BCUT2D eigenvalue weighted by atomic mass is 9.94. The lowest BCUT2D eigenvalue weighted by Gasteiger charge is -2.30. The Morgan fingerprint density at radius 3 is 2.50 bits per heavy atom. The van der Waals surface area contributed by atoms with E-state index in [4.69, 9.17) is 4.74 Å². The van der Waals surface area contributed by atoms with Crippen LogP contribution in [0.1, 0.15) is 12.5 Å². The number of anilines is 1. The van der Waals surface area contributed by atoms with Gasteiger partial charge in [0.1, 0.15) is 5.82 Å². The first-order chi connectivity index (χ1) is 13.3. The Bertz CT molecular complexity index is 1010. The number of ether oxygens (including phenoxy) is 1. The van der Waals surface area contributed by atoms with E-state index in [1.54, 1.807) is 29.6 Å². The minimum absolute atomic E-state index is 0.277. The zero-order chi connectivity index (χ0) is 20.3. The molecule has 2 unspecified atom stereocenters. The van der Waals surface area contributed by atoms with Crippen molar-refractivity contribution in [2.24, 2.45) is 0 Å². The summed E-state index contributed by atoms with van der Waals surface area (Å²) < 4.78 is 44.7. The molecule has 0 spiro atoms. The Hall–Kier alpha value is -2.65. The second-order valence-electron chi connectivity index (χ2n) is 5.98. The molecule has 0 bridgehead atoms. The molecule has 0 saturated heterocycles. The third-order valence-electron chi connectivity index (χ3n) is 4.03. The smallest absolute Gasteiger partial charge is 0.274 e. The summed E-state index contributed by atoms with van der Waals surface area (Å²) in [4.78, 5) is 17.6. The highest BCUT2D eigenvalue weighted by molar-refractivity contribution is 7.84. The minimum Gasteiger partial charge on any atom is -0.470 e. The largest absolute Gasteiger partial charge is 0.470 e. The quantitative estimate of drug-likeness (QED) is 0.650. The van der Waals surface area contributed by atoms with Crippen LogP contribution in [0.2, 0.25) is 0 Å². The third-order valence-corrected chi connectivity index (χ3v) is 5.66. The molecule has 5 nitrogen and oxygen atoms in total. The van der Waals surface area contributed by atoms with Crippen molar-refractivity contribution >= 4 is 33.2 Å². The van der Waals surface area contributed by atoms with Crippen molar-refractivity contribution in [3.63, 3.8) is 0 Å². The van der Waals surface area contributed by atoms with E-state index in [1.165, 1.54) is 30.7 Å². The van der Waals surface area contributed by atoms with Gasteiger partial charge in [-0.2, -0.15) is 0 Å². The summed E-state index contributed by atoms with van der Waals surface area (Å²) in [6, 6.07) is 9.21. The predicted octanol–water partition coefficient (Wildman–Crippen LogP) is 4.09. The van der Waals surface area contributed by atoms with Crippen LogP contribution in [0.15, 0.2) is 58.9 Å². The molecule has 0 fully saturated rings. The Morgan fingerprint density at radius 2 is 1.93 bits per heavy atom. The number of carbonyl (C=O) groups excluding carboxylic acids is 1. The van der Waals surface area contributed by atoms with Gasteiger partial charge in [0.25, 0.3) is 5.91 Å². The van der Waals surface area contributed by atoms with Crippen LogP contribution in [0, 0.1) is 11.6 Å². The van der Waals surface area contributed by atoms with E-state index >= 15 is 0 Å². The number of halogens is 2. The van der Waals surface area contributed by atoms with Gasteiger partial charge in [0.2, 0.25) is 5.60 Å². The molecule has 28 heavy (non-hydrogen) atoms. The number of rotatable bonds is 6. The van der Waals surface area contributed by atoms with Gasteiger partial charge in [0, 0.05) is 45.2 Å². The third kappa shape index (κ3) is 4.26. The molecule has 1 N–H and O–H groups in total. The van der Waals surface area contributed by atoms with Crippen molar-refractivity contribution in [3.05, 3.63) is 71.2 Å². The maximum absolute atomic E-state index is 14.2. The zero-order valence-electron chi connectivity index (χ0n) is 14.9. The first kappa shape index (κ1) is 20.1. The van der Waals surface area contributed by atoms with Crippen molar-refractivity contribution in [1.29, 1.82) is 0 Å². The summed E-state index contributed by atoms with van der Waals surface area (Å²) in [6.45, 7) is 1.47. The Labute approximate surface area is 166 Å². The second kappa shape index (κ2) is 8.15. The molecular formula is C19H16F2N2O3S2. The summed E-state index contributed by atoms with van der Waals surface area (Å²) in [7, 11) is -1.20. The predicted molar refractivity (Wildman–Crippen MR) is 104 cm³/mol. The minimum atomic E-state index is -1.65. The van der Waals surface area contributed by atoms with Crippen LogP contribution in [-0.4, -0.2) is 21.4 Å². The van der Waals surface area contributed by atoms with Crippen molar-refractivity contribution in [3.8, 4) is 5.75 Å². The van der Waals surface area contributed by atoms with Crippen molar-refractivity contribution in [2.45, 2.75) is 17.4 Å². The van der Waals surface area contributed by atoms with Crippen LogP contribution in [0.4, 0.5) is 13.9 Å². The summed E-state index contributed by atoms with van der Waals surface area (Å²) in [5.41, 5.74) is -1.25. The Kier molecular flexibility index (Phi) is 5.85. The summed E-state index contributed by atoms with van der Waals surface area (Å²) in [5.74, 6) is -2.55. The zero-order valence-corrected chi connectivity index (χ0v) is 16.6.